The molecular formula is C42H40F3NO6. The molecule has 1 aliphatic rings. The van der Waals surface area contributed by atoms with Gasteiger partial charge in [-0.1, -0.05) is 140 Å². The Labute approximate surface area is 301 Å². The second-order valence-corrected chi connectivity index (χ2v) is 12.2. The summed E-state index contributed by atoms with van der Waals surface area (Å²) in [4.78, 5) is 3.85. The van der Waals surface area contributed by atoms with E-state index < -0.39 is 42.8 Å². The molecule has 0 N–H and O–H groups in total. The molecule has 0 bridgehead atoms. The van der Waals surface area contributed by atoms with Crippen LogP contribution in [0.3, 0.4) is 0 Å². The van der Waals surface area contributed by atoms with E-state index in [9.17, 15) is 13.2 Å². The van der Waals surface area contributed by atoms with Gasteiger partial charge >= 0.3 is 6.18 Å². The molecule has 1 saturated heterocycles. The lowest BCUT2D eigenvalue weighted by molar-refractivity contribution is -0.316. The minimum Gasteiger partial charge on any atom is -0.441 e. The van der Waals surface area contributed by atoms with Crippen molar-refractivity contribution in [2.24, 2.45) is 4.99 Å². The van der Waals surface area contributed by atoms with Crippen LogP contribution in [0.25, 0.3) is 0 Å². The number of hydrogen-bond acceptors (Lipinski definition) is 7. The van der Waals surface area contributed by atoms with E-state index in [1.54, 1.807) is 18.2 Å². The monoisotopic (exact) mass is 711 g/mol. The molecular weight excluding hydrogens is 671 g/mol. The van der Waals surface area contributed by atoms with E-state index in [4.69, 9.17) is 28.4 Å². The fourth-order valence-electron chi connectivity index (χ4n) is 5.73. The molecule has 5 aromatic carbocycles. The van der Waals surface area contributed by atoms with Gasteiger partial charge in [0.25, 0.3) is 5.90 Å². The van der Waals surface area contributed by atoms with Crippen molar-refractivity contribution in [3.8, 4) is 0 Å². The van der Waals surface area contributed by atoms with E-state index in [0.29, 0.717) is 0 Å². The van der Waals surface area contributed by atoms with Crippen LogP contribution in [-0.2, 0) is 54.8 Å². The SMILES string of the molecule is FC(F)(F)C(=Nc1ccccc1)OC1O[C@H](COCc2ccccc2)[C@@H](OCc2ccccc2)[C@H](OCc2ccccc2)[C@H]1OCc1ccccc1. The maximum atomic E-state index is 14.6. The zero-order valence-electron chi connectivity index (χ0n) is 28.4. The molecule has 1 aliphatic heterocycles. The van der Waals surface area contributed by atoms with E-state index >= 15 is 0 Å². The molecule has 270 valence electrons. The van der Waals surface area contributed by atoms with Crippen molar-refractivity contribution in [1.29, 1.82) is 0 Å². The third-order valence-corrected chi connectivity index (χ3v) is 8.30. The van der Waals surface area contributed by atoms with Crippen molar-refractivity contribution >= 4 is 11.6 Å². The van der Waals surface area contributed by atoms with Crippen molar-refractivity contribution in [3.63, 3.8) is 0 Å². The van der Waals surface area contributed by atoms with Gasteiger partial charge in [0.2, 0.25) is 6.29 Å². The van der Waals surface area contributed by atoms with Crippen molar-refractivity contribution in [2.75, 3.05) is 6.61 Å². The number of nitrogens with zero attached hydrogens (tertiary/aromatic N) is 1. The van der Waals surface area contributed by atoms with Gasteiger partial charge in [-0.05, 0) is 34.4 Å². The van der Waals surface area contributed by atoms with Gasteiger partial charge in [0.05, 0.1) is 38.7 Å². The molecule has 1 fully saturated rings. The number of rotatable bonds is 15. The Balaban J connectivity index is 1.37. The predicted octanol–water partition coefficient (Wildman–Crippen LogP) is 8.99. The van der Waals surface area contributed by atoms with Crippen molar-refractivity contribution < 1.29 is 41.6 Å². The van der Waals surface area contributed by atoms with Crippen LogP contribution in [-0.4, -0.2) is 49.4 Å². The zero-order valence-corrected chi connectivity index (χ0v) is 28.4. The third-order valence-electron chi connectivity index (χ3n) is 8.30. The van der Waals surface area contributed by atoms with Crippen LogP contribution in [0.1, 0.15) is 22.3 Å². The largest absolute Gasteiger partial charge is 0.468 e. The van der Waals surface area contributed by atoms with Gasteiger partial charge in [0.15, 0.2) is 0 Å². The maximum absolute atomic E-state index is 14.6. The molecule has 0 saturated carbocycles. The topological polar surface area (TPSA) is 67.7 Å². The predicted molar refractivity (Wildman–Crippen MR) is 190 cm³/mol. The van der Waals surface area contributed by atoms with E-state index in [1.165, 1.54) is 12.1 Å². The Morgan fingerprint density at radius 1 is 0.519 bits per heavy atom. The summed E-state index contributed by atoms with van der Waals surface area (Å²) in [6, 6.07) is 45.7. The first kappa shape index (κ1) is 36.9. The van der Waals surface area contributed by atoms with Crippen LogP contribution in [0.4, 0.5) is 18.9 Å². The number of aliphatic imine (C=N–C) groups is 1. The lowest BCUT2D eigenvalue weighted by atomic mass is 9.97. The molecule has 0 amide bonds. The number of alkyl halides is 3. The summed E-state index contributed by atoms with van der Waals surface area (Å²) in [5.41, 5.74) is 3.53. The molecule has 0 aromatic heterocycles. The van der Waals surface area contributed by atoms with Crippen molar-refractivity contribution in [2.45, 2.75) is 63.3 Å². The summed E-state index contributed by atoms with van der Waals surface area (Å²) < 4.78 is 81.8. The lowest BCUT2D eigenvalue weighted by Crippen LogP contribution is -2.62. The van der Waals surface area contributed by atoms with Crippen molar-refractivity contribution in [1.82, 2.24) is 0 Å². The van der Waals surface area contributed by atoms with Gasteiger partial charge < -0.3 is 28.4 Å². The summed E-state index contributed by atoms with van der Waals surface area (Å²) in [5.74, 6) is -1.48. The molecule has 5 atom stereocenters. The molecule has 7 nitrogen and oxygen atoms in total. The Bertz CT molecular complexity index is 1780. The van der Waals surface area contributed by atoms with Gasteiger partial charge in [-0.3, -0.25) is 0 Å². The second kappa shape index (κ2) is 18.6. The Morgan fingerprint density at radius 2 is 0.923 bits per heavy atom. The summed E-state index contributed by atoms with van der Waals surface area (Å²) in [7, 11) is 0. The summed E-state index contributed by atoms with van der Waals surface area (Å²) in [5, 5.41) is 0. The quantitative estimate of drug-likeness (QED) is 0.0798. The maximum Gasteiger partial charge on any atom is 0.468 e. The average molecular weight is 712 g/mol. The van der Waals surface area contributed by atoms with Crippen LogP contribution in [0.15, 0.2) is 157 Å². The van der Waals surface area contributed by atoms with Gasteiger partial charge in [0.1, 0.15) is 24.4 Å². The van der Waals surface area contributed by atoms with E-state index in [0.717, 1.165) is 22.3 Å². The Hall–Kier alpha value is -4.84. The van der Waals surface area contributed by atoms with Crippen LogP contribution in [0.5, 0.6) is 0 Å². The second-order valence-electron chi connectivity index (χ2n) is 12.2. The summed E-state index contributed by atoms with van der Waals surface area (Å²) >= 11 is 0. The van der Waals surface area contributed by atoms with Crippen LogP contribution < -0.4 is 0 Å². The first-order valence-corrected chi connectivity index (χ1v) is 17.0. The highest BCUT2D eigenvalue weighted by atomic mass is 19.4. The van der Waals surface area contributed by atoms with Crippen LogP contribution >= 0.6 is 0 Å². The minimum atomic E-state index is -4.95. The number of benzene rings is 5. The number of hydrogen-bond donors (Lipinski definition) is 0. The first-order valence-electron chi connectivity index (χ1n) is 17.0. The number of para-hydroxylation sites is 1. The molecule has 1 heterocycles. The van der Waals surface area contributed by atoms with Crippen LogP contribution in [0, 0.1) is 0 Å². The van der Waals surface area contributed by atoms with Gasteiger partial charge in [-0.25, -0.2) is 4.99 Å². The number of ether oxygens (including phenoxy) is 6. The highest BCUT2D eigenvalue weighted by molar-refractivity contribution is 5.84. The van der Waals surface area contributed by atoms with E-state index in [-0.39, 0.29) is 38.7 Å². The normalized spacial score (nSPS) is 20.8. The number of halogens is 3. The smallest absolute Gasteiger partial charge is 0.441 e. The zero-order chi connectivity index (χ0) is 36.0. The van der Waals surface area contributed by atoms with E-state index in [2.05, 4.69) is 4.99 Å². The highest BCUT2D eigenvalue weighted by Gasteiger charge is 2.52. The average Bonchev–Trinajstić information content (AvgIpc) is 3.17. The summed E-state index contributed by atoms with van der Waals surface area (Å²) in [6.45, 7) is 0.538. The van der Waals surface area contributed by atoms with Crippen molar-refractivity contribution in [3.05, 3.63) is 174 Å². The first-order chi connectivity index (χ1) is 25.4. The van der Waals surface area contributed by atoms with E-state index in [1.807, 2.05) is 121 Å². The molecule has 6 rings (SSSR count). The molecule has 0 aliphatic carbocycles. The Morgan fingerprint density at radius 3 is 1.38 bits per heavy atom. The standard InChI is InChI=1S/C42H40F3NO6/c43-42(44,45)41(46-35-24-14-5-15-25-35)52-40-39(50-29-34-22-12-4-13-23-34)38(49-28-33-20-10-3-11-21-33)37(48-27-32-18-8-2-9-19-32)36(51-40)30-47-26-31-16-6-1-7-17-31/h1-25,36-40H,26-30H2/t36-,37-,38+,39-,40?/m1/s1. The van der Waals surface area contributed by atoms with Gasteiger partial charge in [0, 0.05) is 0 Å². The molecule has 5 aromatic rings. The van der Waals surface area contributed by atoms with Gasteiger partial charge in [-0.2, -0.15) is 13.2 Å². The molecule has 0 radical (unpaired) electrons. The fraction of sp³-hybridized carbons (Fsp3) is 0.262. The molecule has 52 heavy (non-hydrogen) atoms. The fourth-order valence-corrected chi connectivity index (χ4v) is 5.73. The summed E-state index contributed by atoms with van der Waals surface area (Å²) in [6.07, 6.45) is -10.5. The minimum absolute atomic E-state index is 0.0394. The molecule has 0 spiro atoms. The molecule has 1 unspecified atom stereocenters. The van der Waals surface area contributed by atoms with Gasteiger partial charge in [-0.15, -0.1) is 0 Å². The lowest BCUT2D eigenvalue weighted by Gasteiger charge is -2.45. The third kappa shape index (κ3) is 10.8. The molecule has 10 heteroatoms. The Kier molecular flexibility index (Phi) is 13.2. The highest BCUT2D eigenvalue weighted by Crippen LogP contribution is 2.34. The van der Waals surface area contributed by atoms with Crippen LogP contribution in [0.2, 0.25) is 0 Å².